The predicted octanol–water partition coefficient (Wildman–Crippen LogP) is 3.72. The van der Waals surface area contributed by atoms with Gasteiger partial charge < -0.3 is 14.5 Å². The largest absolute Gasteiger partial charge is 0.454 e. The molecule has 2 aromatic carbocycles. The van der Waals surface area contributed by atoms with Gasteiger partial charge in [0.2, 0.25) is 6.79 Å². The summed E-state index contributed by atoms with van der Waals surface area (Å²) in [5, 5.41) is 0. The summed E-state index contributed by atoms with van der Waals surface area (Å²) in [5.74, 6) is 2.33. The van der Waals surface area contributed by atoms with E-state index >= 15 is 0 Å². The van der Waals surface area contributed by atoms with Crippen molar-refractivity contribution in [3.05, 3.63) is 40.9 Å². The third kappa shape index (κ3) is 1.69. The van der Waals surface area contributed by atoms with Gasteiger partial charge in [-0.3, -0.25) is 0 Å². The van der Waals surface area contributed by atoms with Crippen LogP contribution in [-0.4, -0.2) is 16.8 Å². The summed E-state index contributed by atoms with van der Waals surface area (Å²) in [6, 6.07) is 11.8. The maximum absolute atomic E-state index is 5.37. The van der Waals surface area contributed by atoms with Gasteiger partial charge in [0.25, 0.3) is 0 Å². The molecule has 5 heteroatoms. The Labute approximate surface area is 117 Å². The fourth-order valence-corrected chi connectivity index (χ4v) is 2.65. The normalized spacial score (nSPS) is 13.1. The van der Waals surface area contributed by atoms with E-state index in [1.54, 1.807) is 0 Å². The Balaban J connectivity index is 1.91. The average molecular weight is 317 g/mol. The van der Waals surface area contributed by atoms with Gasteiger partial charge in [-0.25, -0.2) is 4.98 Å². The standard InChI is InChI=1S/C14H9BrN2O2/c15-9-4-2-1-3-8(9)14-16-10-5-12-13(19-7-18-12)6-11(10)17-14/h1-6H,7H2,(H,16,17). The van der Waals surface area contributed by atoms with E-state index in [4.69, 9.17) is 9.47 Å². The highest BCUT2D eigenvalue weighted by Crippen LogP contribution is 2.36. The second-order valence-electron chi connectivity index (χ2n) is 4.29. The van der Waals surface area contributed by atoms with Crippen molar-refractivity contribution in [1.82, 2.24) is 9.97 Å². The molecule has 19 heavy (non-hydrogen) atoms. The molecule has 0 atom stereocenters. The zero-order valence-corrected chi connectivity index (χ0v) is 11.4. The topological polar surface area (TPSA) is 47.1 Å². The van der Waals surface area contributed by atoms with Crippen LogP contribution in [0.4, 0.5) is 0 Å². The Kier molecular flexibility index (Phi) is 2.29. The van der Waals surface area contributed by atoms with E-state index in [0.29, 0.717) is 0 Å². The Bertz CT molecular complexity index is 741. The molecular weight excluding hydrogens is 308 g/mol. The molecule has 0 amide bonds. The zero-order valence-electron chi connectivity index (χ0n) is 9.81. The number of imidazole rings is 1. The minimum Gasteiger partial charge on any atom is -0.454 e. The Hall–Kier alpha value is -2.01. The Morgan fingerprint density at radius 3 is 2.74 bits per heavy atom. The first-order valence-corrected chi connectivity index (χ1v) is 6.65. The predicted molar refractivity (Wildman–Crippen MR) is 75.4 cm³/mol. The fourth-order valence-electron chi connectivity index (χ4n) is 2.18. The van der Waals surface area contributed by atoms with Gasteiger partial charge in [0, 0.05) is 22.2 Å². The zero-order chi connectivity index (χ0) is 12.8. The molecule has 0 radical (unpaired) electrons. The van der Waals surface area contributed by atoms with Crippen LogP contribution in [0.5, 0.6) is 11.5 Å². The van der Waals surface area contributed by atoms with Crippen molar-refractivity contribution in [1.29, 1.82) is 0 Å². The number of H-pyrrole nitrogens is 1. The minimum absolute atomic E-state index is 0.277. The van der Waals surface area contributed by atoms with Gasteiger partial charge in [-0.15, -0.1) is 0 Å². The molecule has 94 valence electrons. The number of nitrogens with zero attached hydrogens (tertiary/aromatic N) is 1. The first-order chi connectivity index (χ1) is 9.31. The number of benzene rings is 2. The van der Waals surface area contributed by atoms with Gasteiger partial charge >= 0.3 is 0 Å². The van der Waals surface area contributed by atoms with Crippen molar-refractivity contribution < 1.29 is 9.47 Å². The van der Waals surface area contributed by atoms with Crippen molar-refractivity contribution in [2.75, 3.05) is 6.79 Å². The number of rotatable bonds is 1. The van der Waals surface area contributed by atoms with E-state index in [1.165, 1.54) is 0 Å². The molecule has 1 N–H and O–H groups in total. The van der Waals surface area contributed by atoms with E-state index in [0.717, 1.165) is 38.4 Å². The lowest BCUT2D eigenvalue weighted by Gasteiger charge is -1.98. The van der Waals surface area contributed by atoms with Crippen LogP contribution in [0, 0.1) is 0 Å². The van der Waals surface area contributed by atoms with Crippen LogP contribution in [0.25, 0.3) is 22.4 Å². The van der Waals surface area contributed by atoms with Gasteiger partial charge in [0.15, 0.2) is 11.5 Å². The molecule has 0 spiro atoms. The Morgan fingerprint density at radius 2 is 1.89 bits per heavy atom. The second kappa shape index (κ2) is 3.99. The van der Waals surface area contributed by atoms with Crippen molar-refractivity contribution in [2.24, 2.45) is 0 Å². The highest BCUT2D eigenvalue weighted by molar-refractivity contribution is 9.10. The second-order valence-corrected chi connectivity index (χ2v) is 5.14. The molecular formula is C14H9BrN2O2. The summed E-state index contributed by atoms with van der Waals surface area (Å²) in [6.45, 7) is 0.277. The lowest BCUT2D eigenvalue weighted by Crippen LogP contribution is -1.92. The van der Waals surface area contributed by atoms with Crippen molar-refractivity contribution in [2.45, 2.75) is 0 Å². The first kappa shape index (κ1) is 10.9. The molecule has 0 aliphatic carbocycles. The molecule has 0 saturated carbocycles. The highest BCUT2D eigenvalue weighted by atomic mass is 79.9. The van der Waals surface area contributed by atoms with E-state index < -0.39 is 0 Å². The maximum Gasteiger partial charge on any atom is 0.231 e. The molecule has 4 rings (SSSR count). The fraction of sp³-hybridized carbons (Fsp3) is 0.0714. The van der Waals surface area contributed by atoms with Crippen LogP contribution in [0.15, 0.2) is 40.9 Å². The number of hydrogen-bond donors (Lipinski definition) is 1. The highest BCUT2D eigenvalue weighted by Gasteiger charge is 2.17. The van der Waals surface area contributed by atoms with Gasteiger partial charge in [-0.05, 0) is 6.07 Å². The Morgan fingerprint density at radius 1 is 1.11 bits per heavy atom. The molecule has 3 aromatic rings. The summed E-state index contributed by atoms with van der Waals surface area (Å²) in [6.07, 6.45) is 0. The summed E-state index contributed by atoms with van der Waals surface area (Å²) < 4.78 is 11.7. The number of halogens is 1. The first-order valence-electron chi connectivity index (χ1n) is 5.85. The molecule has 0 saturated heterocycles. The number of ether oxygens (including phenoxy) is 2. The van der Waals surface area contributed by atoms with Crippen molar-refractivity contribution in [3.63, 3.8) is 0 Å². The van der Waals surface area contributed by atoms with Gasteiger partial charge in [-0.2, -0.15) is 0 Å². The average Bonchev–Trinajstić information content (AvgIpc) is 3.01. The summed E-state index contributed by atoms with van der Waals surface area (Å²) in [4.78, 5) is 7.91. The van der Waals surface area contributed by atoms with Gasteiger partial charge in [0.05, 0.1) is 11.0 Å². The summed E-state index contributed by atoms with van der Waals surface area (Å²) >= 11 is 3.53. The molecule has 1 aliphatic rings. The molecule has 0 fully saturated rings. The third-order valence-corrected chi connectivity index (χ3v) is 3.80. The number of nitrogens with one attached hydrogen (secondary N) is 1. The third-order valence-electron chi connectivity index (χ3n) is 3.11. The lowest BCUT2D eigenvalue weighted by molar-refractivity contribution is 0.174. The number of hydrogen-bond acceptors (Lipinski definition) is 3. The SMILES string of the molecule is Brc1ccccc1-c1nc2cc3c(cc2[nH]1)OCO3. The van der Waals surface area contributed by atoms with Crippen LogP contribution in [-0.2, 0) is 0 Å². The summed E-state index contributed by atoms with van der Waals surface area (Å²) in [5.41, 5.74) is 2.84. The van der Waals surface area contributed by atoms with E-state index in [9.17, 15) is 0 Å². The van der Waals surface area contributed by atoms with E-state index in [-0.39, 0.29) is 6.79 Å². The molecule has 0 unspecified atom stereocenters. The quantitative estimate of drug-likeness (QED) is 0.744. The number of fused-ring (bicyclic) bond motifs is 2. The van der Waals surface area contributed by atoms with Crippen LogP contribution in [0.2, 0.25) is 0 Å². The molecule has 1 aliphatic heterocycles. The van der Waals surface area contributed by atoms with Crippen LogP contribution < -0.4 is 9.47 Å². The minimum atomic E-state index is 0.277. The lowest BCUT2D eigenvalue weighted by atomic mass is 10.2. The molecule has 2 heterocycles. The van der Waals surface area contributed by atoms with Crippen molar-refractivity contribution >= 4 is 27.0 Å². The summed E-state index contributed by atoms with van der Waals surface area (Å²) in [7, 11) is 0. The maximum atomic E-state index is 5.37. The smallest absolute Gasteiger partial charge is 0.231 e. The van der Waals surface area contributed by atoms with Gasteiger partial charge in [-0.1, -0.05) is 34.1 Å². The van der Waals surface area contributed by atoms with E-state index in [2.05, 4.69) is 25.9 Å². The van der Waals surface area contributed by atoms with Crippen molar-refractivity contribution in [3.8, 4) is 22.9 Å². The molecule has 0 bridgehead atoms. The van der Waals surface area contributed by atoms with E-state index in [1.807, 2.05) is 36.4 Å². The van der Waals surface area contributed by atoms with Gasteiger partial charge in [0.1, 0.15) is 5.82 Å². The van der Waals surface area contributed by atoms with Crippen LogP contribution in [0.3, 0.4) is 0 Å². The molecule has 4 nitrogen and oxygen atoms in total. The van der Waals surface area contributed by atoms with Crippen LogP contribution in [0.1, 0.15) is 0 Å². The number of aromatic amines is 1. The molecule has 1 aromatic heterocycles. The number of aromatic nitrogens is 2. The monoisotopic (exact) mass is 316 g/mol. The van der Waals surface area contributed by atoms with Crippen LogP contribution >= 0.6 is 15.9 Å².